The Hall–Kier alpha value is -0.860. The fourth-order valence-electron chi connectivity index (χ4n) is 2.38. The van der Waals surface area contributed by atoms with Crippen molar-refractivity contribution in [3.05, 3.63) is 37.0 Å². The lowest BCUT2D eigenvalue weighted by Crippen LogP contribution is -2.33. The van der Waals surface area contributed by atoms with Gasteiger partial charge in [-0.05, 0) is 25.3 Å². The van der Waals surface area contributed by atoms with Crippen molar-refractivity contribution in [3.63, 3.8) is 0 Å². The Labute approximate surface area is 108 Å². The molecule has 0 radical (unpaired) electrons. The molecule has 0 saturated heterocycles. The average Bonchev–Trinajstić information content (AvgIpc) is 2.29. The number of rotatable bonds is 2. The van der Waals surface area contributed by atoms with E-state index in [1.165, 1.54) is 0 Å². The van der Waals surface area contributed by atoms with Crippen molar-refractivity contribution in [2.75, 3.05) is 0 Å². The quantitative estimate of drug-likeness (QED) is 0.753. The van der Waals surface area contributed by atoms with Crippen LogP contribution in [0.5, 0.6) is 0 Å². The number of nitrogens with zero attached hydrogens (tertiary/aromatic N) is 1. The predicted molar refractivity (Wildman–Crippen MR) is 74.5 cm³/mol. The Morgan fingerprint density at radius 2 is 2.18 bits per heavy atom. The summed E-state index contributed by atoms with van der Waals surface area (Å²) >= 11 is 6.00. The van der Waals surface area contributed by atoms with Crippen LogP contribution >= 0.6 is 11.6 Å². The molecule has 0 amide bonds. The van der Waals surface area contributed by atoms with E-state index in [0.717, 1.165) is 12.0 Å². The van der Waals surface area contributed by atoms with Gasteiger partial charge < -0.3 is 5.11 Å². The topological polar surface area (TPSA) is 32.6 Å². The number of allylic oxidation sites excluding steroid dienone is 3. The molecule has 0 aliphatic carbocycles. The number of hydrogen-bond acceptors (Lipinski definition) is 2. The summed E-state index contributed by atoms with van der Waals surface area (Å²) in [4.78, 5) is 4.38. The molecule has 2 nitrogen and oxygen atoms in total. The summed E-state index contributed by atoms with van der Waals surface area (Å²) in [7, 11) is 0. The van der Waals surface area contributed by atoms with Gasteiger partial charge in [0.25, 0.3) is 0 Å². The van der Waals surface area contributed by atoms with E-state index < -0.39 is 6.10 Å². The van der Waals surface area contributed by atoms with Crippen LogP contribution in [0.25, 0.3) is 0 Å². The first-order chi connectivity index (χ1) is 7.95. The largest absolute Gasteiger partial charge is 0.389 e. The van der Waals surface area contributed by atoms with Gasteiger partial charge in [0.05, 0.1) is 12.1 Å². The summed E-state index contributed by atoms with van der Waals surface area (Å²) in [5, 5.41) is 10.5. The first-order valence-electron chi connectivity index (χ1n) is 5.85. The second-order valence-corrected chi connectivity index (χ2v) is 5.06. The Morgan fingerprint density at radius 1 is 1.53 bits per heavy atom. The molecule has 0 fully saturated rings. The van der Waals surface area contributed by atoms with Crippen molar-refractivity contribution >= 4 is 16.8 Å². The molecular formula is C14H20ClNO. The van der Waals surface area contributed by atoms with Gasteiger partial charge in [-0.3, -0.25) is 4.99 Å². The Bertz CT molecular complexity index is 359. The molecule has 1 aliphatic heterocycles. The molecule has 1 N–H and O–H groups in total. The maximum Gasteiger partial charge on any atom is 0.123 e. The van der Waals surface area contributed by atoms with Crippen LogP contribution in [0.2, 0.25) is 0 Å². The van der Waals surface area contributed by atoms with Crippen molar-refractivity contribution in [1.82, 2.24) is 0 Å². The molecule has 0 aromatic rings. The number of aliphatic hydroxyl groups excluding tert-OH is 1. The van der Waals surface area contributed by atoms with E-state index in [4.69, 9.17) is 11.6 Å². The highest BCUT2D eigenvalue weighted by atomic mass is 35.5. The highest BCUT2D eigenvalue weighted by Crippen LogP contribution is 2.29. The SMILES string of the molecule is C=CC(O)C1C(C)/N=C(Cl)\C=C/C(=C)C[C@@H]1C. The molecule has 3 heteroatoms. The smallest absolute Gasteiger partial charge is 0.123 e. The fraction of sp³-hybridized carbons (Fsp3) is 0.500. The molecule has 94 valence electrons. The molecule has 0 aromatic carbocycles. The summed E-state index contributed by atoms with van der Waals surface area (Å²) in [5.41, 5.74) is 1.00. The van der Waals surface area contributed by atoms with Gasteiger partial charge in [0, 0.05) is 5.92 Å². The molecule has 3 unspecified atom stereocenters. The highest BCUT2D eigenvalue weighted by Gasteiger charge is 2.29. The molecule has 1 heterocycles. The predicted octanol–water partition coefficient (Wildman–Crippen LogP) is 3.33. The van der Waals surface area contributed by atoms with Crippen LogP contribution in [-0.4, -0.2) is 22.4 Å². The minimum atomic E-state index is -0.570. The molecule has 0 aromatic heterocycles. The van der Waals surface area contributed by atoms with E-state index in [2.05, 4.69) is 25.1 Å². The zero-order valence-corrected chi connectivity index (χ0v) is 11.2. The van der Waals surface area contributed by atoms with E-state index in [1.54, 1.807) is 12.2 Å². The monoisotopic (exact) mass is 253 g/mol. The lowest BCUT2D eigenvalue weighted by atomic mass is 9.80. The Balaban J connectivity index is 3.05. The molecule has 0 bridgehead atoms. The summed E-state index contributed by atoms with van der Waals surface area (Å²) < 4.78 is 0. The average molecular weight is 254 g/mol. The van der Waals surface area contributed by atoms with Crippen LogP contribution in [0.15, 0.2) is 42.0 Å². The standard InChI is InChI=1S/C14H20ClNO/c1-5-12(17)14-10(3)8-9(2)6-7-13(15)16-11(14)4/h5-7,10-12,14,17H,1-2,8H2,3-4H3/b7-6-,16-13+/t10-,11?,12?,14?/m0/s1. The van der Waals surface area contributed by atoms with E-state index >= 15 is 0 Å². The van der Waals surface area contributed by atoms with E-state index in [-0.39, 0.29) is 17.9 Å². The first kappa shape index (κ1) is 14.2. The van der Waals surface area contributed by atoms with Crippen molar-refractivity contribution in [2.24, 2.45) is 16.8 Å². The number of aliphatic hydroxyl groups is 1. The lowest BCUT2D eigenvalue weighted by molar-refractivity contribution is 0.103. The van der Waals surface area contributed by atoms with Crippen molar-refractivity contribution in [1.29, 1.82) is 0 Å². The third-order valence-corrected chi connectivity index (χ3v) is 3.44. The molecular weight excluding hydrogens is 234 g/mol. The fourth-order valence-corrected chi connectivity index (χ4v) is 2.60. The van der Waals surface area contributed by atoms with E-state index in [9.17, 15) is 5.11 Å². The van der Waals surface area contributed by atoms with Gasteiger partial charge in [0.15, 0.2) is 0 Å². The van der Waals surface area contributed by atoms with E-state index in [1.807, 2.05) is 13.0 Å². The molecule has 1 rings (SSSR count). The number of aliphatic imine (C=N–C) groups is 1. The van der Waals surface area contributed by atoms with Gasteiger partial charge >= 0.3 is 0 Å². The number of hydrogen-bond donors (Lipinski definition) is 1. The van der Waals surface area contributed by atoms with Crippen LogP contribution in [0.3, 0.4) is 0 Å². The van der Waals surface area contributed by atoms with Gasteiger partial charge in [-0.2, -0.15) is 0 Å². The molecule has 0 saturated carbocycles. The maximum absolute atomic E-state index is 10.0. The summed E-state index contributed by atoms with van der Waals surface area (Å²) in [5.74, 6) is 0.291. The van der Waals surface area contributed by atoms with Gasteiger partial charge in [0.2, 0.25) is 0 Å². The van der Waals surface area contributed by atoms with Crippen molar-refractivity contribution < 1.29 is 5.11 Å². The van der Waals surface area contributed by atoms with Crippen LogP contribution in [0.1, 0.15) is 20.3 Å². The first-order valence-corrected chi connectivity index (χ1v) is 6.23. The highest BCUT2D eigenvalue weighted by molar-refractivity contribution is 6.68. The summed E-state index contributed by atoms with van der Waals surface area (Å²) in [6.45, 7) is 11.7. The zero-order valence-electron chi connectivity index (χ0n) is 10.4. The van der Waals surface area contributed by atoms with Crippen molar-refractivity contribution in [3.8, 4) is 0 Å². The van der Waals surface area contributed by atoms with Gasteiger partial charge in [-0.15, -0.1) is 6.58 Å². The van der Waals surface area contributed by atoms with Crippen LogP contribution in [0.4, 0.5) is 0 Å². The van der Waals surface area contributed by atoms with Gasteiger partial charge in [-0.25, -0.2) is 0 Å². The minimum Gasteiger partial charge on any atom is -0.389 e. The van der Waals surface area contributed by atoms with Crippen LogP contribution in [-0.2, 0) is 0 Å². The van der Waals surface area contributed by atoms with Crippen molar-refractivity contribution in [2.45, 2.75) is 32.4 Å². The number of halogens is 1. The molecule has 0 spiro atoms. The lowest BCUT2D eigenvalue weighted by Gasteiger charge is -2.30. The van der Waals surface area contributed by atoms with E-state index in [0.29, 0.717) is 5.17 Å². The second-order valence-electron chi connectivity index (χ2n) is 4.67. The second kappa shape index (κ2) is 6.18. The molecule has 1 aliphatic rings. The maximum atomic E-state index is 10.0. The molecule has 4 atom stereocenters. The Kier molecular flexibility index (Phi) is 5.16. The van der Waals surface area contributed by atoms with Crippen LogP contribution < -0.4 is 0 Å². The van der Waals surface area contributed by atoms with Gasteiger partial charge in [-0.1, -0.05) is 42.8 Å². The van der Waals surface area contributed by atoms with Crippen LogP contribution in [0, 0.1) is 11.8 Å². The zero-order chi connectivity index (χ0) is 13.0. The summed E-state index contributed by atoms with van der Waals surface area (Å²) in [6.07, 6.45) is 5.47. The minimum absolute atomic E-state index is 0.0119. The summed E-state index contributed by atoms with van der Waals surface area (Å²) in [6, 6.07) is -0.0407. The normalized spacial score (nSPS) is 37.1. The van der Waals surface area contributed by atoms with Gasteiger partial charge in [0.1, 0.15) is 5.17 Å². The Morgan fingerprint density at radius 3 is 2.76 bits per heavy atom. The third-order valence-electron chi connectivity index (χ3n) is 3.22. The third kappa shape index (κ3) is 3.83. The molecule has 17 heavy (non-hydrogen) atoms.